The van der Waals surface area contributed by atoms with E-state index < -0.39 is 0 Å². The smallest absolute Gasteiger partial charge is 0.127 e. The summed E-state index contributed by atoms with van der Waals surface area (Å²) < 4.78 is 14.1. The highest BCUT2D eigenvalue weighted by Crippen LogP contribution is 2.33. The van der Waals surface area contributed by atoms with Crippen LogP contribution in [-0.4, -0.2) is 10.7 Å². The van der Waals surface area contributed by atoms with E-state index >= 15 is 0 Å². The summed E-state index contributed by atoms with van der Waals surface area (Å²) in [5.41, 5.74) is 1.88. The first-order valence-corrected chi connectivity index (χ1v) is 9.30. The lowest BCUT2D eigenvalue weighted by Crippen LogP contribution is -2.31. The molecule has 0 aliphatic heterocycles. The van der Waals surface area contributed by atoms with Crippen LogP contribution in [0, 0.1) is 11.2 Å². The van der Waals surface area contributed by atoms with Gasteiger partial charge in [0.1, 0.15) is 5.82 Å². The SMILES string of the molecule is Fc1cc(Cl)ccc1CC(CBr)(CBr)Cc1ccccc1. The summed E-state index contributed by atoms with van der Waals surface area (Å²) in [6, 6.07) is 15.2. The molecule has 0 N–H and O–H groups in total. The van der Waals surface area contributed by atoms with E-state index in [0.717, 1.165) is 17.1 Å². The second-order valence-electron chi connectivity index (χ2n) is 5.34. The van der Waals surface area contributed by atoms with Gasteiger partial charge in [-0.3, -0.25) is 0 Å². The summed E-state index contributed by atoms with van der Waals surface area (Å²) in [5.74, 6) is -0.234. The summed E-state index contributed by atoms with van der Waals surface area (Å²) in [4.78, 5) is 0. The number of alkyl halides is 2. The van der Waals surface area contributed by atoms with Gasteiger partial charge < -0.3 is 0 Å². The highest BCUT2D eigenvalue weighted by Gasteiger charge is 2.29. The van der Waals surface area contributed by atoms with E-state index in [-0.39, 0.29) is 11.2 Å². The third-order valence-corrected chi connectivity index (χ3v) is 6.18. The molecule has 0 aliphatic carbocycles. The topological polar surface area (TPSA) is 0 Å². The molecule has 0 unspecified atom stereocenters. The van der Waals surface area contributed by atoms with E-state index in [2.05, 4.69) is 44.0 Å². The van der Waals surface area contributed by atoms with E-state index in [4.69, 9.17) is 11.6 Å². The Morgan fingerprint density at radius 2 is 1.62 bits per heavy atom. The molecule has 0 fully saturated rings. The lowest BCUT2D eigenvalue weighted by molar-refractivity contribution is 0.378. The monoisotopic (exact) mass is 432 g/mol. The lowest BCUT2D eigenvalue weighted by atomic mass is 9.80. The van der Waals surface area contributed by atoms with Crippen molar-refractivity contribution in [2.75, 3.05) is 10.7 Å². The van der Waals surface area contributed by atoms with Crippen LogP contribution >= 0.6 is 43.5 Å². The zero-order chi connectivity index (χ0) is 15.3. The van der Waals surface area contributed by atoms with Gasteiger partial charge in [-0.1, -0.05) is 79.9 Å². The van der Waals surface area contributed by atoms with Crippen LogP contribution in [0.25, 0.3) is 0 Å². The molecule has 0 spiro atoms. The minimum absolute atomic E-state index is 0.0734. The molecule has 0 aliphatic rings. The average Bonchev–Trinajstić information content (AvgIpc) is 2.50. The first-order valence-electron chi connectivity index (χ1n) is 6.68. The maximum absolute atomic E-state index is 14.1. The van der Waals surface area contributed by atoms with Crippen molar-refractivity contribution in [3.05, 3.63) is 70.5 Å². The van der Waals surface area contributed by atoms with E-state index in [1.807, 2.05) is 18.2 Å². The van der Waals surface area contributed by atoms with Crippen molar-refractivity contribution < 1.29 is 4.39 Å². The molecule has 4 heteroatoms. The van der Waals surface area contributed by atoms with Crippen LogP contribution in [0.1, 0.15) is 11.1 Å². The molecule has 0 radical (unpaired) electrons. The Balaban J connectivity index is 2.25. The fourth-order valence-electron chi connectivity index (χ4n) is 2.39. The Morgan fingerprint density at radius 1 is 0.952 bits per heavy atom. The summed E-state index contributed by atoms with van der Waals surface area (Å²) in [5, 5.41) is 2.02. The van der Waals surface area contributed by atoms with Crippen LogP contribution in [0.5, 0.6) is 0 Å². The van der Waals surface area contributed by atoms with Gasteiger partial charge in [0.25, 0.3) is 0 Å². The first kappa shape index (κ1) is 17.0. The molecule has 2 aromatic rings. The maximum Gasteiger partial charge on any atom is 0.127 e. The summed E-state index contributed by atoms with van der Waals surface area (Å²) in [7, 11) is 0. The van der Waals surface area contributed by atoms with Gasteiger partial charge in [0.2, 0.25) is 0 Å². The van der Waals surface area contributed by atoms with E-state index in [1.54, 1.807) is 12.1 Å². The van der Waals surface area contributed by atoms with Crippen LogP contribution in [0.2, 0.25) is 5.02 Å². The van der Waals surface area contributed by atoms with Crippen LogP contribution in [-0.2, 0) is 12.8 Å². The summed E-state index contributed by atoms with van der Waals surface area (Å²) in [6.45, 7) is 0. The molecule has 0 amide bonds. The van der Waals surface area contributed by atoms with E-state index in [0.29, 0.717) is 17.0 Å². The summed E-state index contributed by atoms with van der Waals surface area (Å²) in [6.07, 6.45) is 1.54. The molecule has 112 valence electrons. The van der Waals surface area contributed by atoms with Crippen LogP contribution in [0.4, 0.5) is 4.39 Å². The first-order chi connectivity index (χ1) is 10.1. The van der Waals surface area contributed by atoms with Gasteiger partial charge in [0, 0.05) is 15.7 Å². The van der Waals surface area contributed by atoms with Crippen molar-refractivity contribution in [3.8, 4) is 0 Å². The van der Waals surface area contributed by atoms with Crippen LogP contribution < -0.4 is 0 Å². The number of hydrogen-bond donors (Lipinski definition) is 0. The highest BCUT2D eigenvalue weighted by atomic mass is 79.9. The van der Waals surface area contributed by atoms with Crippen LogP contribution in [0.3, 0.4) is 0 Å². The van der Waals surface area contributed by atoms with Gasteiger partial charge in [-0.25, -0.2) is 4.39 Å². The van der Waals surface area contributed by atoms with Crippen molar-refractivity contribution in [1.29, 1.82) is 0 Å². The Labute approximate surface area is 147 Å². The molecule has 0 saturated carbocycles. The Hall–Kier alpha value is -0.380. The molecule has 21 heavy (non-hydrogen) atoms. The van der Waals surface area contributed by atoms with Crippen molar-refractivity contribution in [3.63, 3.8) is 0 Å². The summed E-state index contributed by atoms with van der Waals surface area (Å²) >= 11 is 13.0. The maximum atomic E-state index is 14.1. The molecule has 0 aromatic heterocycles. The number of halogens is 4. The Bertz CT molecular complexity index is 583. The minimum atomic E-state index is -0.234. The lowest BCUT2D eigenvalue weighted by Gasteiger charge is -2.30. The van der Waals surface area contributed by atoms with E-state index in [1.165, 1.54) is 11.6 Å². The van der Waals surface area contributed by atoms with E-state index in [9.17, 15) is 4.39 Å². The van der Waals surface area contributed by atoms with Gasteiger partial charge in [-0.05, 0) is 41.5 Å². The van der Waals surface area contributed by atoms with Crippen molar-refractivity contribution >= 4 is 43.5 Å². The molecule has 0 atom stereocenters. The Kier molecular flexibility index (Phi) is 6.27. The van der Waals surface area contributed by atoms with Crippen molar-refractivity contribution in [1.82, 2.24) is 0 Å². The largest absolute Gasteiger partial charge is 0.207 e. The number of hydrogen-bond acceptors (Lipinski definition) is 0. The molecule has 2 aromatic carbocycles. The fourth-order valence-corrected chi connectivity index (χ4v) is 4.27. The number of rotatable bonds is 6. The second kappa shape index (κ2) is 7.75. The third kappa shape index (κ3) is 4.54. The fraction of sp³-hybridized carbons (Fsp3) is 0.294. The molecule has 0 saturated heterocycles. The highest BCUT2D eigenvalue weighted by molar-refractivity contribution is 9.09. The normalized spacial score (nSPS) is 11.6. The van der Waals surface area contributed by atoms with Gasteiger partial charge in [0.15, 0.2) is 0 Å². The average molecular weight is 435 g/mol. The molecule has 0 heterocycles. The molecular weight excluding hydrogens is 418 g/mol. The minimum Gasteiger partial charge on any atom is -0.207 e. The molecular formula is C17H16Br2ClF. The van der Waals surface area contributed by atoms with Gasteiger partial charge >= 0.3 is 0 Å². The predicted octanol–water partition coefficient (Wildman–Crippen LogP) is 6.04. The molecule has 0 bridgehead atoms. The van der Waals surface area contributed by atoms with Crippen molar-refractivity contribution in [2.24, 2.45) is 5.41 Å². The van der Waals surface area contributed by atoms with Crippen LogP contribution in [0.15, 0.2) is 48.5 Å². The molecule has 0 nitrogen and oxygen atoms in total. The van der Waals surface area contributed by atoms with Gasteiger partial charge in [0.05, 0.1) is 0 Å². The van der Waals surface area contributed by atoms with Gasteiger partial charge in [-0.2, -0.15) is 0 Å². The quantitative estimate of drug-likeness (QED) is 0.486. The van der Waals surface area contributed by atoms with Gasteiger partial charge in [-0.15, -0.1) is 0 Å². The van der Waals surface area contributed by atoms with Crippen molar-refractivity contribution in [2.45, 2.75) is 12.8 Å². The predicted molar refractivity (Wildman–Crippen MR) is 95.3 cm³/mol. The Morgan fingerprint density at radius 3 is 2.19 bits per heavy atom. The third-order valence-electron chi connectivity index (χ3n) is 3.57. The second-order valence-corrected chi connectivity index (χ2v) is 6.90. The number of benzene rings is 2. The standard InChI is InChI=1S/C17H16Br2ClF/c18-11-17(12-19,9-13-4-2-1-3-5-13)10-14-6-7-15(20)8-16(14)21/h1-8H,9-12H2. The zero-order valence-corrected chi connectivity index (χ0v) is 15.4. The zero-order valence-electron chi connectivity index (χ0n) is 11.5. The molecule has 2 rings (SSSR count).